The Kier molecular flexibility index (Phi) is 3.86. The largest absolute Gasteiger partial charge is 0.348 e. The Balaban J connectivity index is 2.65. The van der Waals surface area contributed by atoms with Gasteiger partial charge < -0.3 is 11.1 Å². The van der Waals surface area contributed by atoms with Crippen LogP contribution >= 0.6 is 0 Å². The van der Waals surface area contributed by atoms with Crippen molar-refractivity contribution in [3.8, 4) is 0 Å². The van der Waals surface area contributed by atoms with Crippen LogP contribution in [0.25, 0.3) is 0 Å². The Morgan fingerprint density at radius 1 is 1.27 bits per heavy atom. The second kappa shape index (κ2) is 4.94. The molecule has 1 rings (SSSR count). The topological polar surface area (TPSA) is 55.1 Å². The molecule has 0 aliphatic rings. The van der Waals surface area contributed by atoms with Gasteiger partial charge in [-0.2, -0.15) is 0 Å². The Morgan fingerprint density at radius 3 is 2.27 bits per heavy atom. The summed E-state index contributed by atoms with van der Waals surface area (Å²) in [5, 5.41) is 2.85. The van der Waals surface area contributed by atoms with E-state index in [9.17, 15) is 4.79 Å². The quantitative estimate of drug-likeness (QED) is 0.787. The molecule has 1 aromatic carbocycles. The van der Waals surface area contributed by atoms with E-state index >= 15 is 0 Å². The highest BCUT2D eigenvalue weighted by molar-refractivity contribution is 5.81. The summed E-state index contributed by atoms with van der Waals surface area (Å²) in [5.74, 6) is -0.122. The summed E-state index contributed by atoms with van der Waals surface area (Å²) in [6.45, 7) is 5.66. The van der Waals surface area contributed by atoms with Crippen LogP contribution in [0.3, 0.4) is 0 Å². The normalized spacial score (nSPS) is 14.4. The van der Waals surface area contributed by atoms with Crippen molar-refractivity contribution in [2.45, 2.75) is 32.9 Å². The van der Waals surface area contributed by atoms with E-state index < -0.39 is 6.04 Å². The number of rotatable bonds is 3. The van der Waals surface area contributed by atoms with Gasteiger partial charge in [0.05, 0.1) is 12.1 Å². The first-order valence-corrected chi connectivity index (χ1v) is 5.13. The number of carbonyl (C=O) groups is 1. The molecule has 0 aliphatic carbocycles. The van der Waals surface area contributed by atoms with Gasteiger partial charge in [0.2, 0.25) is 5.91 Å². The van der Waals surface area contributed by atoms with Gasteiger partial charge in [-0.3, -0.25) is 4.79 Å². The average molecular weight is 206 g/mol. The molecule has 3 heteroatoms. The maximum atomic E-state index is 11.4. The lowest BCUT2D eigenvalue weighted by Gasteiger charge is -2.16. The zero-order chi connectivity index (χ0) is 11.4. The van der Waals surface area contributed by atoms with E-state index in [0.29, 0.717) is 0 Å². The lowest BCUT2D eigenvalue weighted by Crippen LogP contribution is -2.39. The molecule has 0 radical (unpaired) electrons. The molecule has 2 atom stereocenters. The summed E-state index contributed by atoms with van der Waals surface area (Å²) in [6, 6.07) is 7.64. The SMILES string of the molecule is Cc1ccc(C(C)NC(=O)[C@H](C)N)cc1. The zero-order valence-electron chi connectivity index (χ0n) is 9.45. The van der Waals surface area contributed by atoms with Gasteiger partial charge in [0, 0.05) is 0 Å². The predicted molar refractivity (Wildman–Crippen MR) is 61.4 cm³/mol. The Bertz CT molecular complexity index is 330. The van der Waals surface area contributed by atoms with E-state index in [1.54, 1.807) is 6.92 Å². The van der Waals surface area contributed by atoms with Gasteiger partial charge in [-0.05, 0) is 26.3 Å². The van der Waals surface area contributed by atoms with Gasteiger partial charge >= 0.3 is 0 Å². The Morgan fingerprint density at radius 2 is 1.80 bits per heavy atom. The van der Waals surface area contributed by atoms with Gasteiger partial charge in [-0.15, -0.1) is 0 Å². The number of carbonyl (C=O) groups excluding carboxylic acids is 1. The fraction of sp³-hybridized carbons (Fsp3) is 0.417. The molecule has 0 heterocycles. The summed E-state index contributed by atoms with van der Waals surface area (Å²) >= 11 is 0. The van der Waals surface area contributed by atoms with Crippen LogP contribution in [0.5, 0.6) is 0 Å². The molecule has 0 saturated carbocycles. The fourth-order valence-electron chi connectivity index (χ4n) is 1.28. The molecule has 3 nitrogen and oxygen atoms in total. The minimum atomic E-state index is -0.460. The molecule has 0 aliphatic heterocycles. The van der Waals surface area contributed by atoms with Crippen LogP contribution in [0.2, 0.25) is 0 Å². The minimum Gasteiger partial charge on any atom is -0.348 e. The molecule has 1 aromatic rings. The van der Waals surface area contributed by atoms with E-state index in [-0.39, 0.29) is 11.9 Å². The summed E-state index contributed by atoms with van der Waals surface area (Å²) in [4.78, 5) is 11.4. The lowest BCUT2D eigenvalue weighted by molar-refractivity contribution is -0.122. The van der Waals surface area contributed by atoms with Crippen LogP contribution in [-0.2, 0) is 4.79 Å². The first-order valence-electron chi connectivity index (χ1n) is 5.13. The van der Waals surface area contributed by atoms with Crippen LogP contribution < -0.4 is 11.1 Å². The van der Waals surface area contributed by atoms with Crippen molar-refractivity contribution >= 4 is 5.91 Å². The zero-order valence-corrected chi connectivity index (χ0v) is 9.45. The highest BCUT2D eigenvalue weighted by atomic mass is 16.2. The molecule has 82 valence electrons. The summed E-state index contributed by atoms with van der Waals surface area (Å²) in [6.07, 6.45) is 0. The Labute approximate surface area is 90.7 Å². The highest BCUT2D eigenvalue weighted by Crippen LogP contribution is 2.12. The minimum absolute atomic E-state index is 0.00380. The Hall–Kier alpha value is -1.35. The molecule has 0 saturated heterocycles. The number of nitrogens with one attached hydrogen (secondary N) is 1. The molecule has 0 aromatic heterocycles. The molecule has 1 amide bonds. The van der Waals surface area contributed by atoms with Crippen LogP contribution in [0.1, 0.15) is 31.0 Å². The van der Waals surface area contributed by atoms with Crippen LogP contribution in [0.4, 0.5) is 0 Å². The molecule has 3 N–H and O–H groups in total. The third-order valence-corrected chi connectivity index (χ3v) is 2.35. The number of hydrogen-bond donors (Lipinski definition) is 2. The first-order chi connectivity index (χ1) is 7.00. The molecule has 0 bridgehead atoms. The summed E-state index contributed by atoms with van der Waals surface area (Å²) in [7, 11) is 0. The average Bonchev–Trinajstić information content (AvgIpc) is 2.18. The number of benzene rings is 1. The van der Waals surface area contributed by atoms with Crippen molar-refractivity contribution in [3.63, 3.8) is 0 Å². The molecule has 0 spiro atoms. The molecular formula is C12H18N2O. The van der Waals surface area contributed by atoms with Gasteiger partial charge in [0.1, 0.15) is 0 Å². The molecule has 0 fully saturated rings. The van der Waals surface area contributed by atoms with Gasteiger partial charge in [-0.1, -0.05) is 29.8 Å². The lowest BCUT2D eigenvalue weighted by atomic mass is 10.1. The van der Waals surface area contributed by atoms with Crippen molar-refractivity contribution in [2.24, 2.45) is 5.73 Å². The number of amides is 1. The fourth-order valence-corrected chi connectivity index (χ4v) is 1.28. The van der Waals surface area contributed by atoms with Crippen molar-refractivity contribution in [1.29, 1.82) is 0 Å². The van der Waals surface area contributed by atoms with E-state index in [4.69, 9.17) is 5.73 Å². The van der Waals surface area contributed by atoms with Crippen LogP contribution in [-0.4, -0.2) is 11.9 Å². The number of hydrogen-bond acceptors (Lipinski definition) is 2. The van der Waals surface area contributed by atoms with Gasteiger partial charge in [0.15, 0.2) is 0 Å². The van der Waals surface area contributed by atoms with Crippen LogP contribution in [0.15, 0.2) is 24.3 Å². The van der Waals surface area contributed by atoms with Gasteiger partial charge in [0.25, 0.3) is 0 Å². The van der Waals surface area contributed by atoms with E-state index in [0.717, 1.165) is 5.56 Å². The van der Waals surface area contributed by atoms with Crippen molar-refractivity contribution < 1.29 is 4.79 Å². The third-order valence-electron chi connectivity index (χ3n) is 2.35. The predicted octanol–water partition coefficient (Wildman–Crippen LogP) is 1.52. The van der Waals surface area contributed by atoms with E-state index in [2.05, 4.69) is 5.32 Å². The monoisotopic (exact) mass is 206 g/mol. The van der Waals surface area contributed by atoms with Crippen molar-refractivity contribution in [1.82, 2.24) is 5.32 Å². The molecule has 15 heavy (non-hydrogen) atoms. The van der Waals surface area contributed by atoms with E-state index in [1.807, 2.05) is 38.1 Å². The van der Waals surface area contributed by atoms with Gasteiger partial charge in [-0.25, -0.2) is 0 Å². The maximum Gasteiger partial charge on any atom is 0.237 e. The van der Waals surface area contributed by atoms with Crippen molar-refractivity contribution in [2.75, 3.05) is 0 Å². The van der Waals surface area contributed by atoms with Crippen molar-refractivity contribution in [3.05, 3.63) is 35.4 Å². The maximum absolute atomic E-state index is 11.4. The first kappa shape index (κ1) is 11.7. The molecular weight excluding hydrogens is 188 g/mol. The number of nitrogens with two attached hydrogens (primary N) is 1. The third kappa shape index (κ3) is 3.36. The highest BCUT2D eigenvalue weighted by Gasteiger charge is 2.11. The number of aryl methyl sites for hydroxylation is 1. The van der Waals surface area contributed by atoms with E-state index in [1.165, 1.54) is 5.56 Å². The second-order valence-electron chi connectivity index (χ2n) is 3.93. The van der Waals surface area contributed by atoms with Crippen LogP contribution in [0, 0.1) is 6.92 Å². The smallest absolute Gasteiger partial charge is 0.237 e. The standard InChI is InChI=1S/C12H18N2O/c1-8-4-6-11(7-5-8)10(3)14-12(15)9(2)13/h4-7,9-10H,13H2,1-3H3,(H,14,15)/t9-,10?/m0/s1. The second-order valence-corrected chi connectivity index (χ2v) is 3.93. The summed E-state index contributed by atoms with van der Waals surface area (Å²) in [5.41, 5.74) is 7.78. The molecule has 1 unspecified atom stereocenters. The summed E-state index contributed by atoms with van der Waals surface area (Å²) < 4.78 is 0.